The van der Waals surface area contributed by atoms with Crippen molar-refractivity contribution in [2.45, 2.75) is 51.6 Å². The summed E-state index contributed by atoms with van der Waals surface area (Å²) in [5, 5.41) is 11.7. The number of nitrogens with zero attached hydrogens (tertiary/aromatic N) is 2. The third kappa shape index (κ3) is 5.24. The molecule has 130 valence electrons. The van der Waals surface area contributed by atoms with Crippen molar-refractivity contribution in [2.75, 3.05) is 25.0 Å². The predicted octanol–water partition coefficient (Wildman–Crippen LogP) is 3.91. The molecule has 5 heteroatoms. The first-order chi connectivity index (χ1) is 11.4. The summed E-state index contributed by atoms with van der Waals surface area (Å²) in [4.78, 5) is 14.2. The second-order valence-electron chi connectivity index (χ2n) is 7.25. The summed E-state index contributed by atoms with van der Waals surface area (Å²) in [5.74, 6) is 0. The van der Waals surface area contributed by atoms with Gasteiger partial charge in [0.15, 0.2) is 0 Å². The number of ether oxygens (including phenoxy) is 1. The molecule has 0 spiro atoms. The molecule has 5 nitrogen and oxygen atoms in total. The second-order valence-corrected chi connectivity index (χ2v) is 7.25. The fourth-order valence-electron chi connectivity index (χ4n) is 2.75. The van der Waals surface area contributed by atoms with Crippen LogP contribution >= 0.6 is 0 Å². The number of nitrogens with one attached hydrogen (secondary N) is 1. The highest BCUT2D eigenvalue weighted by molar-refractivity contribution is 5.89. The standard InChI is InChI=1S/C19H27N3O2/c1-19(2,3)15-7-9-16(10-8-15)21-18(23)22(12-5-11-20)14-17-6-4-13-24-17/h7-10,17H,4-6,12-14H2,1-3H3,(H,21,23). The van der Waals surface area contributed by atoms with Crippen LogP contribution in [0.15, 0.2) is 24.3 Å². The van der Waals surface area contributed by atoms with Gasteiger partial charge in [0.1, 0.15) is 0 Å². The Balaban J connectivity index is 1.99. The first kappa shape index (κ1) is 18.3. The molecule has 1 aliphatic heterocycles. The third-order valence-electron chi connectivity index (χ3n) is 4.23. The second kappa shape index (κ2) is 8.16. The van der Waals surface area contributed by atoms with Crippen LogP contribution < -0.4 is 5.32 Å². The first-order valence-corrected chi connectivity index (χ1v) is 8.55. The quantitative estimate of drug-likeness (QED) is 0.890. The summed E-state index contributed by atoms with van der Waals surface area (Å²) in [6.45, 7) is 8.19. The molecule has 0 bridgehead atoms. The van der Waals surface area contributed by atoms with E-state index >= 15 is 0 Å². The monoisotopic (exact) mass is 329 g/mol. The molecule has 1 fully saturated rings. The summed E-state index contributed by atoms with van der Waals surface area (Å²) in [6.07, 6.45) is 2.41. The van der Waals surface area contributed by atoms with Crippen LogP contribution in [-0.4, -0.2) is 36.7 Å². The van der Waals surface area contributed by atoms with Crippen LogP contribution in [0, 0.1) is 11.3 Å². The zero-order valence-electron chi connectivity index (χ0n) is 14.8. The number of nitriles is 1. The van der Waals surface area contributed by atoms with E-state index in [1.165, 1.54) is 5.56 Å². The third-order valence-corrected chi connectivity index (χ3v) is 4.23. The number of hydrogen-bond acceptors (Lipinski definition) is 3. The van der Waals surface area contributed by atoms with Crippen LogP contribution in [0.5, 0.6) is 0 Å². The van der Waals surface area contributed by atoms with Gasteiger partial charge in [-0.3, -0.25) is 0 Å². The molecular formula is C19H27N3O2. The van der Waals surface area contributed by atoms with E-state index < -0.39 is 0 Å². The van der Waals surface area contributed by atoms with E-state index in [2.05, 4.69) is 32.2 Å². The van der Waals surface area contributed by atoms with Crippen molar-refractivity contribution in [2.24, 2.45) is 0 Å². The number of benzene rings is 1. The molecule has 2 amide bonds. The molecule has 1 aromatic carbocycles. The van der Waals surface area contributed by atoms with Crippen LogP contribution in [0.2, 0.25) is 0 Å². The normalized spacial score (nSPS) is 17.3. The zero-order chi connectivity index (χ0) is 17.6. The van der Waals surface area contributed by atoms with E-state index in [0.29, 0.717) is 19.5 Å². The molecule has 1 unspecified atom stereocenters. The van der Waals surface area contributed by atoms with E-state index in [-0.39, 0.29) is 17.6 Å². The summed E-state index contributed by atoms with van der Waals surface area (Å²) in [6, 6.07) is 9.85. The SMILES string of the molecule is CC(C)(C)c1ccc(NC(=O)N(CCC#N)CC2CCCO2)cc1. The Morgan fingerprint density at radius 3 is 2.62 bits per heavy atom. The Bertz CT molecular complexity index is 578. The Kier molecular flexibility index (Phi) is 6.22. The van der Waals surface area contributed by atoms with E-state index in [0.717, 1.165) is 25.1 Å². The van der Waals surface area contributed by atoms with Crippen molar-refractivity contribution < 1.29 is 9.53 Å². The van der Waals surface area contributed by atoms with Gasteiger partial charge in [-0.15, -0.1) is 0 Å². The maximum Gasteiger partial charge on any atom is 0.321 e. The van der Waals surface area contributed by atoms with Gasteiger partial charge in [-0.1, -0.05) is 32.9 Å². The molecule has 24 heavy (non-hydrogen) atoms. The van der Waals surface area contributed by atoms with E-state index in [1.807, 2.05) is 24.3 Å². The van der Waals surface area contributed by atoms with Crippen molar-refractivity contribution in [1.29, 1.82) is 5.26 Å². The minimum Gasteiger partial charge on any atom is -0.376 e. The molecule has 1 atom stereocenters. The van der Waals surface area contributed by atoms with Gasteiger partial charge in [-0.05, 0) is 36.0 Å². The fourth-order valence-corrected chi connectivity index (χ4v) is 2.75. The minimum absolute atomic E-state index is 0.0812. The van der Waals surface area contributed by atoms with Crippen LogP contribution in [0.3, 0.4) is 0 Å². The van der Waals surface area contributed by atoms with Gasteiger partial charge in [0.05, 0.1) is 18.6 Å². The molecule has 1 aliphatic rings. The predicted molar refractivity (Wildman–Crippen MR) is 94.9 cm³/mol. The average molecular weight is 329 g/mol. The highest BCUT2D eigenvalue weighted by Gasteiger charge is 2.22. The number of amides is 2. The largest absolute Gasteiger partial charge is 0.376 e. The lowest BCUT2D eigenvalue weighted by atomic mass is 9.87. The van der Waals surface area contributed by atoms with Crippen molar-refractivity contribution in [1.82, 2.24) is 4.90 Å². The Labute approximate surface area is 144 Å². The lowest BCUT2D eigenvalue weighted by Gasteiger charge is -2.25. The maximum atomic E-state index is 12.5. The van der Waals surface area contributed by atoms with Crippen LogP contribution in [0.4, 0.5) is 10.5 Å². The molecule has 0 radical (unpaired) electrons. The average Bonchev–Trinajstić information content (AvgIpc) is 3.04. The van der Waals surface area contributed by atoms with Gasteiger partial charge in [-0.2, -0.15) is 5.26 Å². The van der Waals surface area contributed by atoms with Gasteiger partial charge in [-0.25, -0.2) is 4.79 Å². The molecule has 1 N–H and O–H groups in total. The topological polar surface area (TPSA) is 65.4 Å². The Morgan fingerprint density at radius 1 is 1.38 bits per heavy atom. The summed E-state index contributed by atoms with van der Waals surface area (Å²) < 4.78 is 5.61. The lowest BCUT2D eigenvalue weighted by Crippen LogP contribution is -2.40. The molecule has 2 rings (SSSR count). The number of urea groups is 1. The summed E-state index contributed by atoms with van der Waals surface area (Å²) >= 11 is 0. The van der Waals surface area contributed by atoms with Crippen LogP contribution in [-0.2, 0) is 10.2 Å². The molecule has 0 aromatic heterocycles. The van der Waals surface area contributed by atoms with Gasteiger partial charge in [0.25, 0.3) is 0 Å². The molecule has 1 heterocycles. The summed E-state index contributed by atoms with van der Waals surface area (Å²) in [5.41, 5.74) is 2.07. The summed E-state index contributed by atoms with van der Waals surface area (Å²) in [7, 11) is 0. The van der Waals surface area contributed by atoms with Crippen LogP contribution in [0.1, 0.15) is 45.6 Å². The minimum atomic E-state index is -0.177. The molecule has 1 aromatic rings. The van der Waals surface area contributed by atoms with Gasteiger partial charge >= 0.3 is 6.03 Å². The molecule has 1 saturated heterocycles. The van der Waals surface area contributed by atoms with E-state index in [1.54, 1.807) is 4.90 Å². The van der Waals surface area contributed by atoms with Crippen molar-refractivity contribution >= 4 is 11.7 Å². The highest BCUT2D eigenvalue weighted by atomic mass is 16.5. The van der Waals surface area contributed by atoms with Crippen molar-refractivity contribution in [3.8, 4) is 6.07 Å². The van der Waals surface area contributed by atoms with E-state index in [4.69, 9.17) is 10.00 Å². The van der Waals surface area contributed by atoms with Gasteiger partial charge in [0.2, 0.25) is 0 Å². The van der Waals surface area contributed by atoms with Gasteiger partial charge in [0, 0.05) is 25.4 Å². The Hall–Kier alpha value is -2.06. The first-order valence-electron chi connectivity index (χ1n) is 8.55. The smallest absolute Gasteiger partial charge is 0.321 e. The number of carbonyl (C=O) groups is 1. The number of hydrogen-bond donors (Lipinski definition) is 1. The van der Waals surface area contributed by atoms with Crippen molar-refractivity contribution in [3.63, 3.8) is 0 Å². The zero-order valence-corrected chi connectivity index (χ0v) is 14.8. The number of rotatable bonds is 5. The number of carbonyl (C=O) groups excluding carboxylic acids is 1. The molecular weight excluding hydrogens is 302 g/mol. The lowest BCUT2D eigenvalue weighted by molar-refractivity contribution is 0.0841. The fraction of sp³-hybridized carbons (Fsp3) is 0.579. The van der Waals surface area contributed by atoms with Crippen molar-refractivity contribution in [3.05, 3.63) is 29.8 Å². The van der Waals surface area contributed by atoms with E-state index in [9.17, 15) is 4.79 Å². The maximum absolute atomic E-state index is 12.5. The van der Waals surface area contributed by atoms with Gasteiger partial charge < -0.3 is 15.0 Å². The highest BCUT2D eigenvalue weighted by Crippen LogP contribution is 2.23. The van der Waals surface area contributed by atoms with Crippen LogP contribution in [0.25, 0.3) is 0 Å². The molecule has 0 saturated carbocycles. The number of anilines is 1. The Morgan fingerprint density at radius 2 is 2.08 bits per heavy atom. The molecule has 0 aliphatic carbocycles.